The van der Waals surface area contributed by atoms with Crippen molar-refractivity contribution in [3.63, 3.8) is 0 Å². The van der Waals surface area contributed by atoms with Crippen molar-refractivity contribution in [3.05, 3.63) is 95.6 Å². The second kappa shape index (κ2) is 15.6. The smallest absolute Gasteiger partial charge is 0.357 e. The topological polar surface area (TPSA) is 73.9 Å². The quantitative estimate of drug-likeness (QED) is 0.167. The van der Waals surface area contributed by atoms with Gasteiger partial charge in [0.15, 0.2) is 12.4 Å². The molecule has 1 N–H and O–H groups in total. The number of hydrogen-bond donors (Lipinski definition) is 1. The van der Waals surface area contributed by atoms with E-state index in [4.69, 9.17) is 13.8 Å². The van der Waals surface area contributed by atoms with Crippen LogP contribution in [0, 0.1) is 12.3 Å². The van der Waals surface area contributed by atoms with E-state index < -0.39 is 19.3 Å². The zero-order chi connectivity index (χ0) is 28.9. The molecular weight excluding hydrogens is 509 g/mol. The third-order valence-corrected chi connectivity index (χ3v) is 8.53. The summed E-state index contributed by atoms with van der Waals surface area (Å²) in [6, 6.07) is 14.9. The SMILES string of the molecule is C=C[C@@](C)(/C=C/c1ccc(OCC(=O)NC(c2ccc(C)cc2)P(=O)(OCC)OCC)cc1)CCC=C(C)C. The number of rotatable bonds is 16. The molecule has 0 saturated carbocycles. The van der Waals surface area contributed by atoms with Crippen molar-refractivity contribution in [1.82, 2.24) is 5.32 Å². The summed E-state index contributed by atoms with van der Waals surface area (Å²) in [5.41, 5.74) is 3.93. The highest BCUT2D eigenvalue weighted by atomic mass is 31.2. The summed E-state index contributed by atoms with van der Waals surface area (Å²) in [7, 11) is -3.66. The minimum atomic E-state index is -3.66. The van der Waals surface area contributed by atoms with E-state index in [1.165, 1.54) is 5.57 Å². The number of aryl methyl sites for hydroxylation is 1. The van der Waals surface area contributed by atoms with Crippen molar-refractivity contribution in [2.75, 3.05) is 19.8 Å². The molecule has 39 heavy (non-hydrogen) atoms. The number of allylic oxidation sites excluding steroid dienone is 4. The monoisotopic (exact) mass is 553 g/mol. The van der Waals surface area contributed by atoms with Crippen molar-refractivity contribution in [2.45, 2.75) is 60.2 Å². The predicted molar refractivity (Wildman–Crippen MR) is 161 cm³/mol. The highest BCUT2D eigenvalue weighted by Crippen LogP contribution is 2.59. The van der Waals surface area contributed by atoms with Gasteiger partial charge in [-0.1, -0.05) is 78.8 Å². The molecule has 2 atom stereocenters. The Morgan fingerprint density at radius 1 is 1.05 bits per heavy atom. The number of hydrogen-bond acceptors (Lipinski definition) is 5. The minimum absolute atomic E-state index is 0.102. The molecule has 0 radical (unpaired) electrons. The molecule has 2 aromatic rings. The highest BCUT2D eigenvalue weighted by Gasteiger charge is 2.38. The number of carbonyl (C=O) groups is 1. The van der Waals surface area contributed by atoms with Crippen molar-refractivity contribution < 1.29 is 23.1 Å². The zero-order valence-electron chi connectivity index (χ0n) is 24.2. The molecule has 7 heteroatoms. The third-order valence-electron chi connectivity index (χ3n) is 6.23. The molecule has 0 spiro atoms. The number of nitrogens with one attached hydrogen (secondary N) is 1. The van der Waals surface area contributed by atoms with Gasteiger partial charge in [-0.25, -0.2) is 0 Å². The molecule has 0 aliphatic rings. The van der Waals surface area contributed by atoms with E-state index in [0.29, 0.717) is 11.3 Å². The van der Waals surface area contributed by atoms with Crippen LogP contribution in [0.4, 0.5) is 0 Å². The number of benzene rings is 2. The number of amides is 1. The van der Waals surface area contributed by atoms with Crippen molar-refractivity contribution in [1.29, 1.82) is 0 Å². The summed E-state index contributed by atoms with van der Waals surface area (Å²) in [4.78, 5) is 12.9. The Bertz CT molecular complexity index is 1160. The van der Waals surface area contributed by atoms with E-state index in [9.17, 15) is 9.36 Å². The first-order valence-electron chi connectivity index (χ1n) is 13.5. The Kier molecular flexibility index (Phi) is 12.9. The Balaban J connectivity index is 2.06. The lowest BCUT2D eigenvalue weighted by Crippen LogP contribution is -2.33. The van der Waals surface area contributed by atoms with E-state index in [0.717, 1.165) is 24.0 Å². The molecule has 0 heterocycles. The molecule has 1 unspecified atom stereocenters. The summed E-state index contributed by atoms with van der Waals surface area (Å²) in [5.74, 6) is -0.818. The lowest BCUT2D eigenvalue weighted by Gasteiger charge is -2.27. The van der Waals surface area contributed by atoms with Gasteiger partial charge in [0.1, 0.15) is 5.75 Å². The fourth-order valence-corrected chi connectivity index (χ4v) is 5.80. The maximum absolute atomic E-state index is 13.6. The standard InChI is InChI=1S/C32H44NO5P/c1-8-32(7,22-11-12-25(4)5)23-21-27-15-19-29(20-16-27)36-24-30(34)33-31(28-17-13-26(6)14-18-28)39(35,37-9-2)38-10-3/h8,12-21,23,31H,1,9-11,22,24H2,2-7H3,(H,33,34)/b23-21+/t31?,32-/m1/s1. The first kappa shape index (κ1) is 32.3. The lowest BCUT2D eigenvalue weighted by atomic mass is 9.84. The second-order valence-corrected chi connectivity index (χ2v) is 12.1. The maximum atomic E-state index is 13.6. The normalized spacial score (nSPS) is 13.9. The fraction of sp³-hybridized carbons (Fsp3) is 0.406. The van der Waals surface area contributed by atoms with Gasteiger partial charge in [-0.2, -0.15) is 0 Å². The average molecular weight is 554 g/mol. The van der Waals surface area contributed by atoms with E-state index in [1.807, 2.05) is 61.5 Å². The first-order valence-corrected chi connectivity index (χ1v) is 15.1. The zero-order valence-corrected chi connectivity index (χ0v) is 25.1. The van der Waals surface area contributed by atoms with Crippen LogP contribution in [-0.4, -0.2) is 25.7 Å². The molecule has 6 nitrogen and oxygen atoms in total. The second-order valence-electron chi connectivity index (χ2n) is 9.98. The largest absolute Gasteiger partial charge is 0.484 e. The van der Waals surface area contributed by atoms with Crippen LogP contribution in [0.25, 0.3) is 6.08 Å². The molecule has 2 rings (SSSR count). The summed E-state index contributed by atoms with van der Waals surface area (Å²) in [6.45, 7) is 16.0. The number of carbonyl (C=O) groups excluding carboxylic acids is 1. The van der Waals surface area contributed by atoms with Gasteiger partial charge < -0.3 is 19.1 Å². The van der Waals surface area contributed by atoms with Crippen LogP contribution in [0.2, 0.25) is 0 Å². The van der Waals surface area contributed by atoms with E-state index in [2.05, 4.69) is 50.9 Å². The fourth-order valence-electron chi connectivity index (χ4n) is 3.87. The van der Waals surface area contributed by atoms with E-state index >= 15 is 0 Å². The van der Waals surface area contributed by atoms with Gasteiger partial charge in [0.05, 0.1) is 13.2 Å². The van der Waals surface area contributed by atoms with Crippen molar-refractivity contribution in [2.24, 2.45) is 5.41 Å². The Hall–Kier alpha value is -2.92. The summed E-state index contributed by atoms with van der Waals surface area (Å²) < 4.78 is 30.4. The Morgan fingerprint density at radius 3 is 2.21 bits per heavy atom. The molecule has 0 bridgehead atoms. The van der Waals surface area contributed by atoms with Gasteiger partial charge >= 0.3 is 7.60 Å². The van der Waals surface area contributed by atoms with E-state index in [1.54, 1.807) is 13.8 Å². The average Bonchev–Trinajstić information content (AvgIpc) is 2.90. The van der Waals surface area contributed by atoms with Crippen molar-refractivity contribution >= 4 is 19.6 Å². The predicted octanol–water partition coefficient (Wildman–Crippen LogP) is 8.41. The van der Waals surface area contributed by atoms with Gasteiger partial charge in [0, 0.05) is 5.41 Å². The van der Waals surface area contributed by atoms with Gasteiger partial charge in [-0.3, -0.25) is 9.36 Å². The van der Waals surface area contributed by atoms with Crippen LogP contribution in [-0.2, 0) is 18.4 Å². The molecule has 212 valence electrons. The van der Waals surface area contributed by atoms with Crippen LogP contribution < -0.4 is 10.1 Å². The van der Waals surface area contributed by atoms with Crippen LogP contribution in [0.1, 0.15) is 69.9 Å². The highest BCUT2D eigenvalue weighted by molar-refractivity contribution is 7.54. The molecule has 0 fully saturated rings. The summed E-state index contributed by atoms with van der Waals surface area (Å²) in [6.07, 6.45) is 10.5. The Morgan fingerprint density at radius 2 is 1.67 bits per heavy atom. The maximum Gasteiger partial charge on any atom is 0.357 e. The first-order chi connectivity index (χ1) is 18.5. The molecule has 2 aromatic carbocycles. The number of ether oxygens (including phenoxy) is 1. The summed E-state index contributed by atoms with van der Waals surface area (Å²) >= 11 is 0. The van der Waals surface area contributed by atoms with Gasteiger partial charge in [-0.15, -0.1) is 6.58 Å². The van der Waals surface area contributed by atoms with Crippen LogP contribution >= 0.6 is 7.60 Å². The molecule has 0 aliphatic carbocycles. The minimum Gasteiger partial charge on any atom is -0.484 e. The molecule has 1 amide bonds. The third kappa shape index (κ3) is 10.6. The lowest BCUT2D eigenvalue weighted by molar-refractivity contribution is -0.123. The molecule has 0 aromatic heterocycles. The van der Waals surface area contributed by atoms with Gasteiger partial charge in [-0.05, 0) is 70.7 Å². The van der Waals surface area contributed by atoms with Gasteiger partial charge in [0.2, 0.25) is 0 Å². The van der Waals surface area contributed by atoms with Crippen LogP contribution in [0.3, 0.4) is 0 Å². The van der Waals surface area contributed by atoms with E-state index in [-0.39, 0.29) is 25.2 Å². The molecule has 0 saturated heterocycles. The van der Waals surface area contributed by atoms with Crippen LogP contribution in [0.15, 0.2) is 78.9 Å². The van der Waals surface area contributed by atoms with Gasteiger partial charge in [0.25, 0.3) is 5.91 Å². The Labute approximate surface area is 234 Å². The molecular formula is C32H44NO5P. The molecule has 0 aliphatic heterocycles. The summed E-state index contributed by atoms with van der Waals surface area (Å²) in [5, 5.41) is 2.81. The van der Waals surface area contributed by atoms with Crippen LogP contribution in [0.5, 0.6) is 5.75 Å². The van der Waals surface area contributed by atoms with Crippen molar-refractivity contribution in [3.8, 4) is 5.75 Å².